The van der Waals surface area contributed by atoms with Crippen LogP contribution in [0.25, 0.3) is 0 Å². The molecule has 0 saturated carbocycles. The Bertz CT molecular complexity index is 440. The van der Waals surface area contributed by atoms with Gasteiger partial charge in [0.15, 0.2) is 5.78 Å². The topological polar surface area (TPSA) is 60.2 Å². The van der Waals surface area contributed by atoms with Crippen LogP contribution in [0.2, 0.25) is 0 Å². The second-order valence-corrected chi connectivity index (χ2v) is 5.39. The minimum Gasteiger partial charge on any atom is -0.294 e. The molecule has 0 aliphatic carbocycles. The van der Waals surface area contributed by atoms with Gasteiger partial charge in [0, 0.05) is 24.1 Å². The fourth-order valence-electron chi connectivity index (χ4n) is 2.23. The van der Waals surface area contributed by atoms with Crippen LogP contribution in [0.3, 0.4) is 0 Å². The summed E-state index contributed by atoms with van der Waals surface area (Å²) >= 11 is 0. The quantitative estimate of drug-likeness (QED) is 0.282. The number of ketones is 1. The Morgan fingerprint density at radius 3 is 2.40 bits per heavy atom. The maximum atomic E-state index is 12.1. The molecule has 0 bridgehead atoms. The Morgan fingerprint density at radius 1 is 1.20 bits per heavy atom. The van der Waals surface area contributed by atoms with Gasteiger partial charge in [-0.15, -0.1) is 0 Å². The van der Waals surface area contributed by atoms with Crippen LogP contribution < -0.4 is 0 Å². The van der Waals surface area contributed by atoms with Crippen molar-refractivity contribution in [1.29, 1.82) is 0 Å². The van der Waals surface area contributed by atoms with Crippen LogP contribution in [-0.4, -0.2) is 10.7 Å². The molecule has 1 aromatic carbocycles. The standard InChI is InChI=1S/C16H23NO3/c1-3-4-5-6-7-13(2)12-16(18)14-8-10-15(11-9-14)17(19)20/h8-11,13H,3-7,12H2,1-2H3/t13-/m1/s1. The molecule has 0 aromatic heterocycles. The highest BCUT2D eigenvalue weighted by atomic mass is 16.6. The normalized spacial score (nSPS) is 12.1. The molecular weight excluding hydrogens is 254 g/mol. The number of hydrogen-bond acceptors (Lipinski definition) is 3. The summed E-state index contributed by atoms with van der Waals surface area (Å²) in [6, 6.07) is 5.87. The fraction of sp³-hybridized carbons (Fsp3) is 0.562. The maximum Gasteiger partial charge on any atom is 0.269 e. The van der Waals surface area contributed by atoms with Gasteiger partial charge < -0.3 is 0 Å². The molecule has 0 unspecified atom stereocenters. The predicted molar refractivity (Wildman–Crippen MR) is 80.0 cm³/mol. The first-order valence-electron chi connectivity index (χ1n) is 7.32. The molecule has 0 aliphatic heterocycles. The van der Waals surface area contributed by atoms with Gasteiger partial charge in [-0.3, -0.25) is 14.9 Å². The molecule has 0 heterocycles. The van der Waals surface area contributed by atoms with Crippen molar-refractivity contribution in [1.82, 2.24) is 0 Å². The number of carbonyl (C=O) groups excluding carboxylic acids is 1. The number of non-ortho nitro benzene ring substituents is 1. The van der Waals surface area contributed by atoms with Gasteiger partial charge in [-0.05, 0) is 18.1 Å². The molecule has 20 heavy (non-hydrogen) atoms. The number of carbonyl (C=O) groups is 1. The van der Waals surface area contributed by atoms with E-state index in [1.807, 2.05) is 0 Å². The second-order valence-electron chi connectivity index (χ2n) is 5.39. The Hall–Kier alpha value is -1.71. The zero-order chi connectivity index (χ0) is 15.0. The highest BCUT2D eigenvalue weighted by Gasteiger charge is 2.13. The third-order valence-corrected chi connectivity index (χ3v) is 3.48. The molecular formula is C16H23NO3. The number of hydrogen-bond donors (Lipinski definition) is 0. The molecule has 0 radical (unpaired) electrons. The smallest absolute Gasteiger partial charge is 0.269 e. The van der Waals surface area contributed by atoms with Crippen LogP contribution in [0.5, 0.6) is 0 Å². The summed E-state index contributed by atoms with van der Waals surface area (Å²) in [5.74, 6) is 0.442. The van der Waals surface area contributed by atoms with Crippen LogP contribution in [0.1, 0.15) is 62.7 Å². The summed E-state index contributed by atoms with van der Waals surface area (Å²) in [4.78, 5) is 22.2. The summed E-state index contributed by atoms with van der Waals surface area (Å²) in [6.45, 7) is 4.27. The molecule has 4 nitrogen and oxygen atoms in total. The van der Waals surface area contributed by atoms with Gasteiger partial charge in [0.05, 0.1) is 4.92 Å². The molecule has 1 rings (SSSR count). The van der Waals surface area contributed by atoms with Crippen LogP contribution in [-0.2, 0) is 0 Å². The Labute approximate surface area is 120 Å². The van der Waals surface area contributed by atoms with E-state index in [1.165, 1.54) is 37.8 Å². The van der Waals surface area contributed by atoms with Crippen molar-refractivity contribution in [2.45, 2.75) is 52.4 Å². The summed E-state index contributed by atoms with van der Waals surface area (Å²) < 4.78 is 0. The van der Waals surface area contributed by atoms with Gasteiger partial charge in [-0.25, -0.2) is 0 Å². The minimum absolute atomic E-state index is 0.0224. The molecule has 1 aromatic rings. The van der Waals surface area contributed by atoms with E-state index >= 15 is 0 Å². The van der Waals surface area contributed by atoms with E-state index in [0.717, 1.165) is 6.42 Å². The Balaban J connectivity index is 2.43. The molecule has 0 amide bonds. The Morgan fingerprint density at radius 2 is 1.85 bits per heavy atom. The first-order chi connectivity index (χ1) is 9.54. The number of unbranched alkanes of at least 4 members (excludes halogenated alkanes) is 3. The molecule has 110 valence electrons. The SMILES string of the molecule is CCCCCC[C@@H](C)CC(=O)c1ccc([N+](=O)[O-])cc1. The zero-order valence-electron chi connectivity index (χ0n) is 12.3. The number of rotatable bonds is 9. The summed E-state index contributed by atoms with van der Waals surface area (Å²) in [6.07, 6.45) is 6.46. The second kappa shape index (κ2) is 8.46. The van der Waals surface area contributed by atoms with Crippen molar-refractivity contribution < 1.29 is 9.72 Å². The lowest BCUT2D eigenvalue weighted by Crippen LogP contribution is -2.06. The number of benzene rings is 1. The van der Waals surface area contributed by atoms with E-state index in [-0.39, 0.29) is 11.5 Å². The van der Waals surface area contributed by atoms with Crippen LogP contribution in [0.4, 0.5) is 5.69 Å². The van der Waals surface area contributed by atoms with Crippen LogP contribution in [0, 0.1) is 16.0 Å². The predicted octanol–water partition coefficient (Wildman–Crippen LogP) is 4.77. The lowest BCUT2D eigenvalue weighted by Gasteiger charge is -2.10. The van der Waals surface area contributed by atoms with Gasteiger partial charge >= 0.3 is 0 Å². The van der Waals surface area contributed by atoms with Crippen molar-refractivity contribution in [2.75, 3.05) is 0 Å². The largest absolute Gasteiger partial charge is 0.294 e. The molecule has 1 atom stereocenters. The lowest BCUT2D eigenvalue weighted by molar-refractivity contribution is -0.384. The average molecular weight is 277 g/mol. The first kappa shape index (κ1) is 16.3. The van der Waals surface area contributed by atoms with Gasteiger partial charge in [0.1, 0.15) is 0 Å². The zero-order valence-corrected chi connectivity index (χ0v) is 12.3. The number of Topliss-reactive ketones (excluding diaryl/α,β-unsaturated/α-hetero) is 1. The third-order valence-electron chi connectivity index (χ3n) is 3.48. The highest BCUT2D eigenvalue weighted by molar-refractivity contribution is 5.96. The Kier molecular flexibility index (Phi) is 6.91. The minimum atomic E-state index is -0.454. The van der Waals surface area contributed by atoms with E-state index in [9.17, 15) is 14.9 Å². The molecule has 0 saturated heterocycles. The van der Waals surface area contributed by atoms with Crippen molar-refractivity contribution in [3.63, 3.8) is 0 Å². The van der Waals surface area contributed by atoms with E-state index in [0.29, 0.717) is 17.9 Å². The molecule has 4 heteroatoms. The maximum absolute atomic E-state index is 12.1. The van der Waals surface area contributed by atoms with Gasteiger partial charge in [0.2, 0.25) is 0 Å². The van der Waals surface area contributed by atoms with Gasteiger partial charge in [0.25, 0.3) is 5.69 Å². The van der Waals surface area contributed by atoms with E-state index < -0.39 is 4.92 Å². The van der Waals surface area contributed by atoms with Gasteiger partial charge in [-0.1, -0.05) is 46.0 Å². The number of nitrogens with zero attached hydrogens (tertiary/aromatic N) is 1. The molecule has 0 spiro atoms. The lowest BCUT2D eigenvalue weighted by atomic mass is 9.94. The molecule has 0 N–H and O–H groups in total. The van der Waals surface area contributed by atoms with E-state index in [4.69, 9.17) is 0 Å². The van der Waals surface area contributed by atoms with Crippen molar-refractivity contribution in [2.24, 2.45) is 5.92 Å². The van der Waals surface area contributed by atoms with Crippen molar-refractivity contribution in [3.8, 4) is 0 Å². The third kappa shape index (κ3) is 5.51. The summed E-state index contributed by atoms with van der Waals surface area (Å²) in [7, 11) is 0. The van der Waals surface area contributed by atoms with Crippen LogP contribution >= 0.6 is 0 Å². The first-order valence-corrected chi connectivity index (χ1v) is 7.32. The summed E-state index contributed by atoms with van der Waals surface area (Å²) in [5, 5.41) is 10.6. The van der Waals surface area contributed by atoms with Crippen molar-refractivity contribution in [3.05, 3.63) is 39.9 Å². The van der Waals surface area contributed by atoms with Gasteiger partial charge in [-0.2, -0.15) is 0 Å². The van der Waals surface area contributed by atoms with E-state index in [2.05, 4.69) is 13.8 Å². The molecule has 0 aliphatic rings. The number of nitro benzene ring substituents is 1. The van der Waals surface area contributed by atoms with Crippen molar-refractivity contribution >= 4 is 11.5 Å². The van der Waals surface area contributed by atoms with E-state index in [1.54, 1.807) is 12.1 Å². The highest BCUT2D eigenvalue weighted by Crippen LogP contribution is 2.18. The molecule has 0 fully saturated rings. The fourth-order valence-corrected chi connectivity index (χ4v) is 2.23. The average Bonchev–Trinajstić information content (AvgIpc) is 2.43. The number of nitro groups is 1. The van der Waals surface area contributed by atoms with Crippen LogP contribution in [0.15, 0.2) is 24.3 Å². The monoisotopic (exact) mass is 277 g/mol. The summed E-state index contributed by atoms with van der Waals surface area (Å²) in [5.41, 5.74) is 0.588.